The van der Waals surface area contributed by atoms with Gasteiger partial charge in [-0.25, -0.2) is 5.43 Å². The van der Waals surface area contributed by atoms with Crippen LogP contribution in [-0.2, 0) is 6.54 Å². The topological polar surface area (TPSA) is 46.4 Å². The average Bonchev–Trinajstić information content (AvgIpc) is 3.34. The van der Waals surface area contributed by atoms with Crippen LogP contribution in [0.2, 0.25) is 10.0 Å². The Hall–Kier alpha value is -2.60. The van der Waals surface area contributed by atoms with Gasteiger partial charge in [-0.1, -0.05) is 53.5 Å². The lowest BCUT2D eigenvalue weighted by molar-refractivity contribution is 0.0959. The highest BCUT2D eigenvalue weighted by atomic mass is 35.5. The molecule has 28 heavy (non-hydrogen) atoms. The van der Waals surface area contributed by atoms with Gasteiger partial charge < -0.3 is 4.57 Å². The number of hydrogen-bond donors (Lipinski definition) is 1. The number of nitrogens with one attached hydrogen (secondary N) is 1. The molecule has 0 bridgehead atoms. The maximum Gasteiger partial charge on any atom is 0.281 e. The summed E-state index contributed by atoms with van der Waals surface area (Å²) >= 11 is 13.5. The Labute approximate surface area is 176 Å². The molecule has 0 saturated heterocycles. The number of para-hydroxylation sites is 1. The fourth-order valence-corrected chi connectivity index (χ4v) is 3.90. The summed E-state index contributed by atoms with van der Waals surface area (Å²) in [7, 11) is 0. The monoisotopic (exact) mass is 427 g/mol. The predicted octanol–water partition coefficient (Wildman–Crippen LogP) is 5.82. The van der Waals surface area contributed by atoms with Crippen LogP contribution in [0.25, 0.3) is 10.9 Å². The van der Waals surface area contributed by atoms with E-state index in [1.807, 2.05) is 48.0 Å². The van der Waals surface area contributed by atoms with Gasteiger partial charge in [-0.05, 0) is 35.2 Å². The molecule has 140 valence electrons. The third-order valence-corrected chi connectivity index (χ3v) is 5.88. The molecule has 1 amide bonds. The van der Waals surface area contributed by atoms with Crippen molar-refractivity contribution in [3.05, 3.63) is 92.2 Å². The highest BCUT2D eigenvalue weighted by molar-refractivity contribution is 7.12. The Kier molecular flexibility index (Phi) is 5.48. The second-order valence-electron chi connectivity index (χ2n) is 6.15. The van der Waals surface area contributed by atoms with E-state index in [9.17, 15) is 4.79 Å². The molecule has 1 N–H and O–H groups in total. The van der Waals surface area contributed by atoms with Gasteiger partial charge in [0.15, 0.2) is 0 Å². The van der Waals surface area contributed by atoms with Crippen molar-refractivity contribution in [3.8, 4) is 0 Å². The molecule has 0 aliphatic heterocycles. The quantitative estimate of drug-likeness (QED) is 0.316. The van der Waals surface area contributed by atoms with Gasteiger partial charge in [0.05, 0.1) is 21.1 Å². The molecule has 0 aliphatic rings. The number of carbonyl (C=O) groups is 1. The van der Waals surface area contributed by atoms with Gasteiger partial charge in [0, 0.05) is 29.2 Å². The predicted molar refractivity (Wildman–Crippen MR) is 117 cm³/mol. The van der Waals surface area contributed by atoms with E-state index in [0.29, 0.717) is 21.5 Å². The number of thiophene rings is 1. The summed E-state index contributed by atoms with van der Waals surface area (Å²) in [4.78, 5) is 12.6. The molecule has 0 atom stereocenters. The number of aromatic nitrogens is 1. The number of benzene rings is 2. The second kappa shape index (κ2) is 8.19. The smallest absolute Gasteiger partial charge is 0.281 e. The summed E-state index contributed by atoms with van der Waals surface area (Å²) in [6.07, 6.45) is 3.67. The standard InChI is InChI=1S/C21H15Cl2N3OS/c22-17-8-7-14(10-18(17)23)12-26-13-15(16-4-1-2-5-19(16)26)11-24-25-21(27)20-6-3-9-28-20/h1-11,13H,12H2,(H,25,27)/b24-11-. The molecular formula is C21H15Cl2N3OS. The molecule has 4 aromatic rings. The molecule has 0 radical (unpaired) electrons. The number of carbonyl (C=O) groups excluding carboxylic acids is 1. The zero-order chi connectivity index (χ0) is 19.5. The van der Waals surface area contributed by atoms with E-state index in [0.717, 1.165) is 22.0 Å². The van der Waals surface area contributed by atoms with Crippen LogP contribution in [0.1, 0.15) is 20.8 Å². The SMILES string of the molecule is O=C(N/N=C\c1cn(Cc2ccc(Cl)c(Cl)c2)c2ccccc12)c1cccs1. The molecule has 2 heterocycles. The summed E-state index contributed by atoms with van der Waals surface area (Å²) in [5.41, 5.74) is 5.60. The van der Waals surface area contributed by atoms with E-state index in [2.05, 4.69) is 21.2 Å². The number of hydrogen-bond acceptors (Lipinski definition) is 3. The summed E-state index contributed by atoms with van der Waals surface area (Å²) < 4.78 is 2.12. The zero-order valence-electron chi connectivity index (χ0n) is 14.6. The molecular weight excluding hydrogens is 413 g/mol. The molecule has 0 saturated carbocycles. The number of rotatable bonds is 5. The van der Waals surface area contributed by atoms with Gasteiger partial charge in [-0.3, -0.25) is 4.79 Å². The van der Waals surface area contributed by atoms with Crippen molar-refractivity contribution in [1.82, 2.24) is 9.99 Å². The van der Waals surface area contributed by atoms with Crippen LogP contribution < -0.4 is 5.43 Å². The van der Waals surface area contributed by atoms with Crippen LogP contribution in [0.5, 0.6) is 0 Å². The molecule has 0 fully saturated rings. The third-order valence-electron chi connectivity index (χ3n) is 4.27. The first-order valence-corrected chi connectivity index (χ1v) is 10.1. The number of fused-ring (bicyclic) bond motifs is 1. The van der Waals surface area contributed by atoms with Crippen molar-refractivity contribution >= 4 is 57.6 Å². The molecule has 0 aliphatic carbocycles. The fraction of sp³-hybridized carbons (Fsp3) is 0.0476. The summed E-state index contributed by atoms with van der Waals surface area (Å²) in [6, 6.07) is 17.3. The van der Waals surface area contributed by atoms with Crippen LogP contribution in [0, 0.1) is 0 Å². The highest BCUT2D eigenvalue weighted by Crippen LogP contribution is 2.25. The van der Waals surface area contributed by atoms with Crippen molar-refractivity contribution in [3.63, 3.8) is 0 Å². The van der Waals surface area contributed by atoms with Crippen molar-refractivity contribution in [2.24, 2.45) is 5.10 Å². The maximum atomic E-state index is 12.0. The minimum atomic E-state index is -0.217. The Bertz CT molecular complexity index is 1170. The summed E-state index contributed by atoms with van der Waals surface area (Å²) in [5.74, 6) is -0.217. The zero-order valence-corrected chi connectivity index (χ0v) is 16.9. The van der Waals surface area contributed by atoms with Crippen LogP contribution in [0.3, 0.4) is 0 Å². The first kappa shape index (κ1) is 18.7. The minimum Gasteiger partial charge on any atom is -0.342 e. The lowest BCUT2D eigenvalue weighted by Gasteiger charge is -2.06. The third kappa shape index (κ3) is 3.97. The second-order valence-corrected chi connectivity index (χ2v) is 7.92. The highest BCUT2D eigenvalue weighted by Gasteiger charge is 2.09. The van der Waals surface area contributed by atoms with E-state index in [1.165, 1.54) is 11.3 Å². The molecule has 4 nitrogen and oxygen atoms in total. The first-order valence-electron chi connectivity index (χ1n) is 8.50. The van der Waals surface area contributed by atoms with Gasteiger partial charge in [0.1, 0.15) is 0 Å². The molecule has 0 spiro atoms. The molecule has 2 aromatic carbocycles. The minimum absolute atomic E-state index is 0.217. The number of nitrogens with zero attached hydrogens (tertiary/aromatic N) is 2. The number of amides is 1. The van der Waals surface area contributed by atoms with Crippen molar-refractivity contribution in [2.75, 3.05) is 0 Å². The molecule has 7 heteroatoms. The summed E-state index contributed by atoms with van der Waals surface area (Å²) in [6.45, 7) is 0.646. The van der Waals surface area contributed by atoms with Crippen molar-refractivity contribution in [2.45, 2.75) is 6.54 Å². The molecule has 4 rings (SSSR count). The van der Waals surface area contributed by atoms with E-state index >= 15 is 0 Å². The lowest BCUT2D eigenvalue weighted by atomic mass is 10.2. The summed E-state index contributed by atoms with van der Waals surface area (Å²) in [5, 5.41) is 8.11. The van der Waals surface area contributed by atoms with E-state index < -0.39 is 0 Å². The van der Waals surface area contributed by atoms with E-state index in [4.69, 9.17) is 23.2 Å². The van der Waals surface area contributed by atoms with Gasteiger partial charge in [-0.15, -0.1) is 11.3 Å². The van der Waals surface area contributed by atoms with Crippen LogP contribution in [-0.4, -0.2) is 16.7 Å². The van der Waals surface area contributed by atoms with Crippen LogP contribution in [0.4, 0.5) is 0 Å². The Morgan fingerprint density at radius 2 is 1.96 bits per heavy atom. The van der Waals surface area contributed by atoms with Crippen molar-refractivity contribution in [1.29, 1.82) is 0 Å². The fourth-order valence-electron chi connectivity index (χ4n) is 2.97. The Morgan fingerprint density at radius 3 is 2.75 bits per heavy atom. The Balaban J connectivity index is 1.60. The van der Waals surface area contributed by atoms with E-state index in [-0.39, 0.29) is 5.91 Å². The normalized spacial score (nSPS) is 11.4. The number of halogens is 2. The lowest BCUT2D eigenvalue weighted by Crippen LogP contribution is -2.16. The van der Waals surface area contributed by atoms with E-state index in [1.54, 1.807) is 18.3 Å². The number of hydrazone groups is 1. The van der Waals surface area contributed by atoms with Crippen molar-refractivity contribution < 1.29 is 4.79 Å². The maximum absolute atomic E-state index is 12.0. The first-order chi connectivity index (χ1) is 13.6. The largest absolute Gasteiger partial charge is 0.342 e. The van der Waals surface area contributed by atoms with Crippen LogP contribution in [0.15, 0.2) is 71.3 Å². The van der Waals surface area contributed by atoms with Gasteiger partial charge in [0.2, 0.25) is 0 Å². The van der Waals surface area contributed by atoms with Gasteiger partial charge in [0.25, 0.3) is 5.91 Å². The van der Waals surface area contributed by atoms with Gasteiger partial charge >= 0.3 is 0 Å². The van der Waals surface area contributed by atoms with Gasteiger partial charge in [-0.2, -0.15) is 5.10 Å². The van der Waals surface area contributed by atoms with Crippen LogP contribution >= 0.6 is 34.5 Å². The average molecular weight is 428 g/mol. The molecule has 0 unspecified atom stereocenters. The molecule has 2 aromatic heterocycles. The Morgan fingerprint density at radius 1 is 1.11 bits per heavy atom.